The monoisotopic (exact) mass is 385 g/mol. The maximum atomic E-state index is 12.8. The third-order valence-electron chi connectivity index (χ3n) is 6.78. The number of hydrogen-bond acceptors (Lipinski definition) is 3. The summed E-state index contributed by atoms with van der Waals surface area (Å²) in [5, 5.41) is 12.5. The van der Waals surface area contributed by atoms with E-state index in [0.717, 1.165) is 37.7 Å². The van der Waals surface area contributed by atoms with Crippen molar-refractivity contribution in [2.24, 2.45) is 5.92 Å². The number of nitrogens with one attached hydrogen (secondary N) is 1. The van der Waals surface area contributed by atoms with Crippen LogP contribution in [0.5, 0.6) is 0 Å². The topological polar surface area (TPSA) is 55.8 Å². The molecule has 28 heavy (non-hydrogen) atoms. The molecular formula is C23H35N3O2. The van der Waals surface area contributed by atoms with Gasteiger partial charge in [-0.3, -0.25) is 4.90 Å². The van der Waals surface area contributed by atoms with Crippen LogP contribution in [0.3, 0.4) is 0 Å². The number of aliphatic hydroxyl groups excluding tert-OH is 1. The van der Waals surface area contributed by atoms with Crippen molar-refractivity contribution in [2.75, 3.05) is 38.1 Å². The Morgan fingerprint density at radius 3 is 2.46 bits per heavy atom. The highest BCUT2D eigenvalue weighted by molar-refractivity contribution is 5.89. The summed E-state index contributed by atoms with van der Waals surface area (Å²) in [5.74, 6) is 1.53. The molecular weight excluding hydrogens is 350 g/mol. The van der Waals surface area contributed by atoms with Crippen molar-refractivity contribution in [1.82, 2.24) is 9.80 Å². The number of benzene rings is 1. The molecule has 4 rings (SSSR count). The number of carbonyl (C=O) groups is 1. The van der Waals surface area contributed by atoms with Gasteiger partial charge in [-0.05, 0) is 61.6 Å². The minimum atomic E-state index is -0.0144. The molecule has 3 aliphatic rings. The van der Waals surface area contributed by atoms with Crippen LogP contribution in [0, 0.1) is 5.92 Å². The van der Waals surface area contributed by atoms with Gasteiger partial charge in [0.1, 0.15) is 0 Å². The molecule has 0 unspecified atom stereocenters. The summed E-state index contributed by atoms with van der Waals surface area (Å²) in [6, 6.07) is 8.74. The van der Waals surface area contributed by atoms with E-state index in [4.69, 9.17) is 0 Å². The van der Waals surface area contributed by atoms with E-state index in [1.807, 2.05) is 4.90 Å². The van der Waals surface area contributed by atoms with E-state index in [-0.39, 0.29) is 18.7 Å². The summed E-state index contributed by atoms with van der Waals surface area (Å²) in [4.78, 5) is 17.2. The Kier molecular flexibility index (Phi) is 6.53. The number of anilines is 1. The molecule has 0 bridgehead atoms. The maximum Gasteiger partial charge on any atom is 0.321 e. The number of urea groups is 1. The van der Waals surface area contributed by atoms with Crippen LogP contribution in [0.1, 0.15) is 62.8 Å². The highest BCUT2D eigenvalue weighted by Crippen LogP contribution is 2.33. The van der Waals surface area contributed by atoms with Gasteiger partial charge in [-0.2, -0.15) is 0 Å². The number of carbonyl (C=O) groups excluding carboxylic acids is 1. The van der Waals surface area contributed by atoms with Gasteiger partial charge >= 0.3 is 6.03 Å². The molecule has 1 saturated heterocycles. The second-order valence-electron chi connectivity index (χ2n) is 8.94. The van der Waals surface area contributed by atoms with Gasteiger partial charge in [-0.1, -0.05) is 31.4 Å². The first-order chi connectivity index (χ1) is 13.7. The first kappa shape index (κ1) is 19.7. The molecule has 2 saturated carbocycles. The van der Waals surface area contributed by atoms with Crippen molar-refractivity contribution >= 4 is 11.7 Å². The minimum Gasteiger partial charge on any atom is -0.396 e. The van der Waals surface area contributed by atoms with Crippen molar-refractivity contribution in [3.63, 3.8) is 0 Å². The van der Waals surface area contributed by atoms with Crippen molar-refractivity contribution < 1.29 is 9.90 Å². The van der Waals surface area contributed by atoms with Gasteiger partial charge in [0, 0.05) is 44.5 Å². The lowest BCUT2D eigenvalue weighted by Gasteiger charge is -2.41. The van der Waals surface area contributed by atoms with Gasteiger partial charge in [0.2, 0.25) is 0 Å². The summed E-state index contributed by atoms with van der Waals surface area (Å²) in [5.41, 5.74) is 2.29. The minimum absolute atomic E-state index is 0.0144. The van der Waals surface area contributed by atoms with E-state index in [9.17, 15) is 9.90 Å². The molecule has 0 aromatic heterocycles. The zero-order valence-corrected chi connectivity index (χ0v) is 17.0. The molecule has 2 N–H and O–H groups in total. The second kappa shape index (κ2) is 9.27. The summed E-state index contributed by atoms with van der Waals surface area (Å²) in [6.07, 6.45) is 10.1. The molecule has 2 aliphatic carbocycles. The van der Waals surface area contributed by atoms with Gasteiger partial charge in [0.25, 0.3) is 0 Å². The number of rotatable bonds is 6. The van der Waals surface area contributed by atoms with Gasteiger partial charge < -0.3 is 15.3 Å². The highest BCUT2D eigenvalue weighted by Gasteiger charge is 2.33. The van der Waals surface area contributed by atoms with Crippen LogP contribution < -0.4 is 5.32 Å². The lowest BCUT2D eigenvalue weighted by Crippen LogP contribution is -2.56. The third-order valence-corrected chi connectivity index (χ3v) is 6.78. The van der Waals surface area contributed by atoms with Crippen LogP contribution in [0.2, 0.25) is 0 Å². The molecule has 154 valence electrons. The normalized spacial score (nSPS) is 24.3. The first-order valence-corrected chi connectivity index (χ1v) is 11.2. The fourth-order valence-electron chi connectivity index (χ4n) is 4.85. The molecule has 1 atom stereocenters. The average molecular weight is 386 g/mol. The molecule has 1 heterocycles. The van der Waals surface area contributed by atoms with E-state index in [1.165, 1.54) is 50.5 Å². The van der Waals surface area contributed by atoms with Crippen LogP contribution in [-0.2, 0) is 0 Å². The molecule has 1 aliphatic heterocycles. The maximum absolute atomic E-state index is 12.8. The zero-order chi connectivity index (χ0) is 19.3. The molecule has 5 nitrogen and oxygen atoms in total. The molecule has 0 spiro atoms. The fourth-order valence-corrected chi connectivity index (χ4v) is 4.85. The third kappa shape index (κ3) is 5.06. The smallest absolute Gasteiger partial charge is 0.321 e. The number of hydrogen-bond donors (Lipinski definition) is 2. The predicted octanol–water partition coefficient (Wildman–Crippen LogP) is 4.04. The van der Waals surface area contributed by atoms with E-state index in [0.29, 0.717) is 12.5 Å². The van der Waals surface area contributed by atoms with Gasteiger partial charge in [0.15, 0.2) is 0 Å². The molecule has 5 heteroatoms. The average Bonchev–Trinajstić information content (AvgIpc) is 3.55. The van der Waals surface area contributed by atoms with Crippen LogP contribution in [-0.4, -0.2) is 59.8 Å². The van der Waals surface area contributed by atoms with E-state index >= 15 is 0 Å². The predicted molar refractivity (Wildman–Crippen MR) is 113 cm³/mol. The van der Waals surface area contributed by atoms with Crippen molar-refractivity contribution in [3.8, 4) is 0 Å². The van der Waals surface area contributed by atoms with E-state index in [1.54, 1.807) is 0 Å². The number of piperazine rings is 1. The van der Waals surface area contributed by atoms with Crippen LogP contribution in [0.4, 0.5) is 10.5 Å². The standard InChI is InChI=1S/C23H35N3O2/c27-15-12-22-17-26(14-13-25(22)16-18-6-7-18)23(28)24-21-10-8-20(9-11-21)19-4-2-1-3-5-19/h8-11,18-19,22,27H,1-7,12-17H2,(H,24,28)/t22-/m0/s1. The molecule has 1 aromatic rings. The Morgan fingerprint density at radius 1 is 1.04 bits per heavy atom. The Bertz CT molecular complexity index is 638. The number of aliphatic hydroxyl groups is 1. The van der Waals surface area contributed by atoms with Crippen LogP contribution in [0.25, 0.3) is 0 Å². The molecule has 1 aromatic carbocycles. The molecule has 3 fully saturated rings. The Balaban J connectivity index is 1.31. The molecule has 0 radical (unpaired) electrons. The SMILES string of the molecule is O=C(Nc1ccc(C2CCCCC2)cc1)N1CCN(CC2CC2)[C@@H](CCO)C1. The Labute approximate surface area is 169 Å². The lowest BCUT2D eigenvalue weighted by molar-refractivity contribution is 0.0739. The van der Waals surface area contributed by atoms with Gasteiger partial charge in [0.05, 0.1) is 0 Å². The van der Waals surface area contributed by atoms with Crippen molar-refractivity contribution in [1.29, 1.82) is 0 Å². The van der Waals surface area contributed by atoms with Crippen molar-refractivity contribution in [2.45, 2.75) is 63.3 Å². The lowest BCUT2D eigenvalue weighted by atomic mass is 9.84. The fraction of sp³-hybridized carbons (Fsp3) is 0.696. The largest absolute Gasteiger partial charge is 0.396 e. The zero-order valence-electron chi connectivity index (χ0n) is 17.0. The summed E-state index contributed by atoms with van der Waals surface area (Å²) >= 11 is 0. The van der Waals surface area contributed by atoms with Crippen LogP contribution in [0.15, 0.2) is 24.3 Å². The van der Waals surface area contributed by atoms with E-state index in [2.05, 4.69) is 34.5 Å². The number of amides is 2. The first-order valence-electron chi connectivity index (χ1n) is 11.2. The quantitative estimate of drug-likeness (QED) is 0.777. The summed E-state index contributed by atoms with van der Waals surface area (Å²) < 4.78 is 0. The second-order valence-corrected chi connectivity index (χ2v) is 8.94. The Hall–Kier alpha value is -1.59. The summed E-state index contributed by atoms with van der Waals surface area (Å²) in [6.45, 7) is 3.70. The van der Waals surface area contributed by atoms with Gasteiger partial charge in [-0.25, -0.2) is 4.79 Å². The highest BCUT2D eigenvalue weighted by atomic mass is 16.3. The van der Waals surface area contributed by atoms with E-state index < -0.39 is 0 Å². The van der Waals surface area contributed by atoms with Crippen molar-refractivity contribution in [3.05, 3.63) is 29.8 Å². The number of nitrogens with zero attached hydrogens (tertiary/aromatic N) is 2. The summed E-state index contributed by atoms with van der Waals surface area (Å²) in [7, 11) is 0. The Morgan fingerprint density at radius 2 is 1.79 bits per heavy atom. The van der Waals surface area contributed by atoms with Gasteiger partial charge in [-0.15, -0.1) is 0 Å². The van der Waals surface area contributed by atoms with Crippen LogP contribution >= 0.6 is 0 Å². The molecule has 2 amide bonds.